The Kier molecular flexibility index (Phi) is 4.13. The maximum absolute atomic E-state index is 11.8. The summed E-state index contributed by atoms with van der Waals surface area (Å²) < 4.78 is 0. The summed E-state index contributed by atoms with van der Waals surface area (Å²) >= 11 is 1.27. The number of rotatable bonds is 3. The summed E-state index contributed by atoms with van der Waals surface area (Å²) in [6.45, 7) is 1.46. The number of urea groups is 1. The van der Waals surface area contributed by atoms with Crippen LogP contribution in [0.25, 0.3) is 0 Å². The number of nitrogens with one attached hydrogen (secondary N) is 2. The third-order valence-electron chi connectivity index (χ3n) is 2.54. The number of benzene rings is 1. The fraction of sp³-hybridized carbons (Fsp3) is 0.0714. The lowest BCUT2D eigenvalue weighted by Crippen LogP contribution is -2.19. The Balaban J connectivity index is 2.07. The number of carbonyl (C=O) groups excluding carboxylic acids is 2. The first-order valence-electron chi connectivity index (χ1n) is 5.77. The van der Waals surface area contributed by atoms with Gasteiger partial charge in [0.1, 0.15) is 11.1 Å². The van der Waals surface area contributed by atoms with Crippen LogP contribution in [0.4, 0.5) is 15.5 Å². The van der Waals surface area contributed by atoms with Crippen LogP contribution in [0.1, 0.15) is 22.8 Å². The number of Topliss-reactive ketones (excluding diaryl/α,β-unsaturated/α-hetero) is 1. The van der Waals surface area contributed by atoms with Crippen molar-refractivity contribution in [3.05, 3.63) is 46.8 Å². The van der Waals surface area contributed by atoms with Gasteiger partial charge in [-0.1, -0.05) is 12.1 Å². The summed E-state index contributed by atoms with van der Waals surface area (Å²) in [5, 5.41) is 16.3. The van der Waals surface area contributed by atoms with Crippen LogP contribution in [0, 0.1) is 11.3 Å². The number of ketones is 1. The minimum atomic E-state index is -0.454. The van der Waals surface area contributed by atoms with Crippen LogP contribution < -0.4 is 10.6 Å². The van der Waals surface area contributed by atoms with Gasteiger partial charge in [0.2, 0.25) is 0 Å². The van der Waals surface area contributed by atoms with E-state index in [4.69, 9.17) is 5.26 Å². The monoisotopic (exact) mass is 285 g/mol. The molecule has 0 radical (unpaired) electrons. The van der Waals surface area contributed by atoms with Crippen LogP contribution in [-0.2, 0) is 0 Å². The van der Waals surface area contributed by atoms with Crippen molar-refractivity contribution in [3.63, 3.8) is 0 Å². The predicted molar refractivity (Wildman–Crippen MR) is 78.1 cm³/mol. The first kappa shape index (κ1) is 13.8. The lowest BCUT2D eigenvalue weighted by molar-refractivity contribution is 0.101. The highest BCUT2D eigenvalue weighted by Crippen LogP contribution is 2.22. The smallest absolute Gasteiger partial charge is 0.308 e. The van der Waals surface area contributed by atoms with Crippen LogP contribution in [-0.4, -0.2) is 11.8 Å². The molecule has 2 aromatic rings. The summed E-state index contributed by atoms with van der Waals surface area (Å²) in [5.74, 6) is -0.0703. The molecule has 1 heterocycles. The van der Waals surface area contributed by atoms with E-state index in [1.807, 2.05) is 6.07 Å². The lowest BCUT2D eigenvalue weighted by atomic mass is 10.1. The van der Waals surface area contributed by atoms with Crippen molar-refractivity contribution in [1.82, 2.24) is 0 Å². The maximum atomic E-state index is 11.8. The van der Waals surface area contributed by atoms with E-state index in [9.17, 15) is 9.59 Å². The molecule has 2 rings (SSSR count). The SMILES string of the molecule is CC(=O)c1cccc(NC(=O)Nc2sccc2C#N)c1. The number of thiophene rings is 1. The highest BCUT2D eigenvalue weighted by Gasteiger charge is 2.09. The van der Waals surface area contributed by atoms with E-state index in [1.165, 1.54) is 18.3 Å². The molecule has 1 aromatic carbocycles. The van der Waals surface area contributed by atoms with E-state index in [2.05, 4.69) is 10.6 Å². The van der Waals surface area contributed by atoms with Crippen molar-refractivity contribution < 1.29 is 9.59 Å². The van der Waals surface area contributed by atoms with Crippen molar-refractivity contribution in [2.45, 2.75) is 6.92 Å². The third-order valence-corrected chi connectivity index (χ3v) is 3.37. The van der Waals surface area contributed by atoms with Crippen LogP contribution in [0.2, 0.25) is 0 Å². The van der Waals surface area contributed by atoms with Gasteiger partial charge in [0.05, 0.1) is 5.56 Å². The standard InChI is InChI=1S/C14H11N3O2S/c1-9(18)10-3-2-4-12(7-10)16-14(19)17-13-11(8-15)5-6-20-13/h2-7H,1H3,(H2,16,17,19). The Labute approximate surface area is 119 Å². The van der Waals surface area contributed by atoms with Gasteiger partial charge in [0.15, 0.2) is 5.78 Å². The molecular weight excluding hydrogens is 274 g/mol. The van der Waals surface area contributed by atoms with Crippen LogP contribution in [0.3, 0.4) is 0 Å². The van der Waals surface area contributed by atoms with Crippen molar-refractivity contribution >= 4 is 33.8 Å². The van der Waals surface area contributed by atoms with Gasteiger partial charge in [0.25, 0.3) is 0 Å². The van der Waals surface area contributed by atoms with Gasteiger partial charge in [-0.2, -0.15) is 5.26 Å². The quantitative estimate of drug-likeness (QED) is 0.847. The van der Waals surface area contributed by atoms with E-state index < -0.39 is 6.03 Å². The molecular formula is C14H11N3O2S. The number of hydrogen-bond acceptors (Lipinski definition) is 4. The van der Waals surface area contributed by atoms with Crippen LogP contribution >= 0.6 is 11.3 Å². The van der Waals surface area contributed by atoms with E-state index in [0.717, 1.165) is 0 Å². The molecule has 2 N–H and O–H groups in total. The second kappa shape index (κ2) is 5.99. The van der Waals surface area contributed by atoms with Crippen molar-refractivity contribution in [2.75, 3.05) is 10.6 Å². The second-order valence-electron chi connectivity index (χ2n) is 3.99. The number of nitriles is 1. The van der Waals surface area contributed by atoms with Crippen molar-refractivity contribution in [2.24, 2.45) is 0 Å². The molecule has 0 aliphatic carbocycles. The molecule has 0 fully saturated rings. The molecule has 100 valence electrons. The molecule has 0 spiro atoms. The maximum Gasteiger partial charge on any atom is 0.324 e. The van der Waals surface area contributed by atoms with Crippen molar-refractivity contribution in [1.29, 1.82) is 5.26 Å². The molecule has 6 heteroatoms. The summed E-state index contributed by atoms with van der Waals surface area (Å²) in [7, 11) is 0. The van der Waals surface area contributed by atoms with Crippen molar-refractivity contribution in [3.8, 4) is 6.07 Å². The Morgan fingerprint density at radius 3 is 2.75 bits per heavy atom. The fourth-order valence-electron chi connectivity index (χ4n) is 1.58. The molecule has 0 aliphatic rings. The third kappa shape index (κ3) is 3.22. The Morgan fingerprint density at radius 2 is 2.05 bits per heavy atom. The van der Waals surface area contributed by atoms with Gasteiger partial charge in [-0.3, -0.25) is 10.1 Å². The average molecular weight is 285 g/mol. The summed E-state index contributed by atoms with van der Waals surface area (Å²) in [4.78, 5) is 23.1. The molecule has 1 aromatic heterocycles. The Hall–Kier alpha value is -2.65. The molecule has 0 bridgehead atoms. The Morgan fingerprint density at radius 1 is 1.25 bits per heavy atom. The van der Waals surface area contributed by atoms with Gasteiger partial charge in [0, 0.05) is 11.3 Å². The molecule has 0 unspecified atom stereocenters. The summed E-state index contributed by atoms with van der Waals surface area (Å²) in [6.07, 6.45) is 0. The van der Waals surface area contributed by atoms with E-state index in [0.29, 0.717) is 21.8 Å². The number of carbonyl (C=O) groups is 2. The van der Waals surface area contributed by atoms with Crippen LogP contribution in [0.5, 0.6) is 0 Å². The zero-order valence-corrected chi connectivity index (χ0v) is 11.5. The molecule has 20 heavy (non-hydrogen) atoms. The van der Waals surface area contributed by atoms with E-state index >= 15 is 0 Å². The minimum Gasteiger partial charge on any atom is -0.308 e. The van der Waals surface area contributed by atoms with Gasteiger partial charge in [-0.25, -0.2) is 4.79 Å². The lowest BCUT2D eigenvalue weighted by Gasteiger charge is -2.07. The zero-order chi connectivity index (χ0) is 14.5. The molecule has 0 aliphatic heterocycles. The number of amides is 2. The largest absolute Gasteiger partial charge is 0.324 e. The van der Waals surface area contributed by atoms with Crippen LogP contribution in [0.15, 0.2) is 35.7 Å². The zero-order valence-electron chi connectivity index (χ0n) is 10.6. The molecule has 0 saturated heterocycles. The summed E-state index contributed by atoms with van der Waals surface area (Å²) in [5.41, 5.74) is 1.46. The fourth-order valence-corrected chi connectivity index (χ4v) is 2.31. The average Bonchev–Trinajstić information content (AvgIpc) is 2.86. The first-order valence-corrected chi connectivity index (χ1v) is 6.64. The molecule has 2 amide bonds. The highest BCUT2D eigenvalue weighted by molar-refractivity contribution is 7.14. The van der Waals surface area contributed by atoms with Gasteiger partial charge >= 0.3 is 6.03 Å². The van der Waals surface area contributed by atoms with E-state index in [1.54, 1.807) is 35.7 Å². The Bertz CT molecular complexity index is 700. The first-order chi connectivity index (χ1) is 9.60. The number of nitrogens with zero attached hydrogens (tertiary/aromatic N) is 1. The minimum absolute atomic E-state index is 0.0703. The molecule has 0 saturated carbocycles. The highest BCUT2D eigenvalue weighted by atomic mass is 32.1. The predicted octanol–water partition coefficient (Wildman–Crippen LogP) is 3.47. The van der Waals surface area contributed by atoms with Gasteiger partial charge in [-0.05, 0) is 30.5 Å². The van der Waals surface area contributed by atoms with Gasteiger partial charge in [-0.15, -0.1) is 11.3 Å². The molecule has 0 atom stereocenters. The topological polar surface area (TPSA) is 82.0 Å². The van der Waals surface area contributed by atoms with Gasteiger partial charge < -0.3 is 5.32 Å². The normalized spacial score (nSPS) is 9.60. The number of hydrogen-bond donors (Lipinski definition) is 2. The second-order valence-corrected chi connectivity index (χ2v) is 4.91. The molecule has 5 nitrogen and oxygen atoms in total. The van der Waals surface area contributed by atoms with E-state index in [-0.39, 0.29) is 5.78 Å². The summed E-state index contributed by atoms with van der Waals surface area (Å²) in [6, 6.07) is 9.83. The number of anilines is 2.